The van der Waals surface area contributed by atoms with Gasteiger partial charge in [-0.15, -0.1) is 0 Å². The van der Waals surface area contributed by atoms with E-state index in [1.54, 1.807) is 0 Å². The summed E-state index contributed by atoms with van der Waals surface area (Å²) < 4.78 is 67.0. The van der Waals surface area contributed by atoms with E-state index in [-0.39, 0.29) is 6.61 Å². The van der Waals surface area contributed by atoms with Crippen LogP contribution in [0.15, 0.2) is 12.1 Å². The van der Waals surface area contributed by atoms with Crippen molar-refractivity contribution in [1.82, 2.24) is 0 Å². The van der Waals surface area contributed by atoms with Crippen LogP contribution in [0.25, 0.3) is 0 Å². The van der Waals surface area contributed by atoms with Crippen LogP contribution in [0.1, 0.15) is 17.3 Å². The Hall–Kier alpha value is -1.66. The minimum atomic E-state index is -5.22. The molecule has 0 unspecified atom stereocenters. The molecule has 94 valence electrons. The average Bonchev–Trinajstić information content (AvgIpc) is 2.19. The summed E-state index contributed by atoms with van der Waals surface area (Å²) in [4.78, 5) is 10.9. The maximum Gasteiger partial charge on any atom is 0.455 e. The average molecular weight is 254 g/mol. The Kier molecular flexibility index (Phi) is 3.69. The summed E-state index contributed by atoms with van der Waals surface area (Å²) in [7, 11) is 0. The SMILES string of the molecule is CCOc1c(F)cc(F)cc1C(=O)C(F)(F)F. The van der Waals surface area contributed by atoms with Crippen LogP contribution in [0.3, 0.4) is 0 Å². The highest BCUT2D eigenvalue weighted by Gasteiger charge is 2.41. The lowest BCUT2D eigenvalue weighted by Gasteiger charge is -2.12. The molecule has 0 aliphatic carbocycles. The summed E-state index contributed by atoms with van der Waals surface area (Å²) >= 11 is 0. The fraction of sp³-hybridized carbons (Fsp3) is 0.300. The third-order valence-corrected chi connectivity index (χ3v) is 1.80. The predicted molar refractivity (Wildman–Crippen MR) is 47.9 cm³/mol. The number of rotatable bonds is 3. The van der Waals surface area contributed by atoms with Gasteiger partial charge in [0.1, 0.15) is 5.82 Å². The molecule has 0 saturated heterocycles. The second-order valence-electron chi connectivity index (χ2n) is 3.02. The Labute approximate surface area is 93.0 Å². The number of benzene rings is 1. The van der Waals surface area contributed by atoms with Crippen molar-refractivity contribution >= 4 is 5.78 Å². The van der Waals surface area contributed by atoms with Crippen molar-refractivity contribution in [2.24, 2.45) is 0 Å². The van der Waals surface area contributed by atoms with Crippen molar-refractivity contribution in [3.05, 3.63) is 29.3 Å². The van der Waals surface area contributed by atoms with Gasteiger partial charge in [0.2, 0.25) is 0 Å². The molecular formula is C10H7F5O2. The Morgan fingerprint density at radius 3 is 2.35 bits per heavy atom. The summed E-state index contributed by atoms with van der Waals surface area (Å²) in [5, 5.41) is 0. The highest BCUT2D eigenvalue weighted by Crippen LogP contribution is 2.30. The number of hydrogen-bond donors (Lipinski definition) is 0. The van der Waals surface area contributed by atoms with Crippen molar-refractivity contribution in [2.45, 2.75) is 13.1 Å². The fourth-order valence-corrected chi connectivity index (χ4v) is 1.17. The van der Waals surface area contributed by atoms with Crippen LogP contribution in [-0.2, 0) is 0 Å². The molecule has 0 fully saturated rings. The molecule has 0 aliphatic heterocycles. The first-order valence-corrected chi connectivity index (χ1v) is 4.50. The fourth-order valence-electron chi connectivity index (χ4n) is 1.17. The first kappa shape index (κ1) is 13.4. The van der Waals surface area contributed by atoms with Gasteiger partial charge in [-0.05, 0) is 13.0 Å². The largest absolute Gasteiger partial charge is 0.490 e. The standard InChI is InChI=1S/C10H7F5O2/c1-2-17-8-6(9(16)10(13,14)15)3-5(11)4-7(8)12/h3-4H,2H2,1H3. The monoisotopic (exact) mass is 254 g/mol. The van der Waals surface area contributed by atoms with Gasteiger partial charge in [-0.1, -0.05) is 0 Å². The molecule has 0 aromatic heterocycles. The number of carbonyl (C=O) groups is 1. The van der Waals surface area contributed by atoms with Crippen LogP contribution in [0, 0.1) is 11.6 Å². The molecule has 0 heterocycles. The second kappa shape index (κ2) is 4.68. The molecule has 0 saturated carbocycles. The van der Waals surface area contributed by atoms with Crippen LogP contribution in [0.5, 0.6) is 5.75 Å². The summed E-state index contributed by atoms with van der Waals surface area (Å²) in [6, 6.07) is 0.641. The molecule has 17 heavy (non-hydrogen) atoms. The predicted octanol–water partition coefficient (Wildman–Crippen LogP) is 3.11. The normalized spacial score (nSPS) is 11.4. The number of Topliss-reactive ketones (excluding diaryl/α,β-unsaturated/α-hetero) is 1. The summed E-state index contributed by atoms with van der Waals surface area (Å²) in [6.45, 7) is 1.24. The topological polar surface area (TPSA) is 26.3 Å². The van der Waals surface area contributed by atoms with Gasteiger partial charge in [-0.25, -0.2) is 8.78 Å². The maximum atomic E-state index is 13.2. The highest BCUT2D eigenvalue weighted by molar-refractivity contribution is 6.02. The van der Waals surface area contributed by atoms with Crippen LogP contribution >= 0.6 is 0 Å². The van der Waals surface area contributed by atoms with Gasteiger partial charge in [-0.3, -0.25) is 4.79 Å². The van der Waals surface area contributed by atoms with E-state index < -0.39 is 34.9 Å². The third-order valence-electron chi connectivity index (χ3n) is 1.80. The van der Waals surface area contributed by atoms with Gasteiger partial charge in [0, 0.05) is 6.07 Å². The second-order valence-corrected chi connectivity index (χ2v) is 3.02. The van der Waals surface area contributed by atoms with Crippen molar-refractivity contribution in [2.75, 3.05) is 6.61 Å². The Bertz CT molecular complexity index is 439. The summed E-state index contributed by atoms with van der Waals surface area (Å²) in [5.41, 5.74) is -1.17. The number of halogens is 5. The minimum Gasteiger partial charge on any atom is -0.490 e. The first-order valence-electron chi connectivity index (χ1n) is 4.50. The van der Waals surface area contributed by atoms with E-state index in [1.165, 1.54) is 6.92 Å². The highest BCUT2D eigenvalue weighted by atomic mass is 19.4. The van der Waals surface area contributed by atoms with Gasteiger partial charge < -0.3 is 4.74 Å². The van der Waals surface area contributed by atoms with E-state index >= 15 is 0 Å². The molecule has 0 radical (unpaired) electrons. The van der Waals surface area contributed by atoms with Crippen LogP contribution in [0.4, 0.5) is 22.0 Å². The van der Waals surface area contributed by atoms with Crippen molar-refractivity contribution < 1.29 is 31.5 Å². The van der Waals surface area contributed by atoms with E-state index in [0.717, 1.165) is 0 Å². The molecule has 0 amide bonds. The summed E-state index contributed by atoms with van der Waals surface area (Å²) in [6.07, 6.45) is -5.22. The lowest BCUT2D eigenvalue weighted by molar-refractivity contribution is -0.0887. The molecule has 0 aliphatic rings. The number of ether oxygens (including phenoxy) is 1. The molecule has 0 spiro atoms. The van der Waals surface area contributed by atoms with Gasteiger partial charge in [0.15, 0.2) is 11.6 Å². The molecule has 0 atom stereocenters. The van der Waals surface area contributed by atoms with Crippen LogP contribution in [0.2, 0.25) is 0 Å². The molecule has 7 heteroatoms. The van der Waals surface area contributed by atoms with E-state index in [9.17, 15) is 26.7 Å². The number of carbonyl (C=O) groups excluding carboxylic acids is 1. The van der Waals surface area contributed by atoms with E-state index in [2.05, 4.69) is 4.74 Å². The van der Waals surface area contributed by atoms with E-state index in [0.29, 0.717) is 12.1 Å². The van der Waals surface area contributed by atoms with Gasteiger partial charge in [-0.2, -0.15) is 13.2 Å². The molecule has 1 aromatic rings. The molecule has 1 rings (SSSR count). The van der Waals surface area contributed by atoms with Crippen molar-refractivity contribution in [3.63, 3.8) is 0 Å². The Balaban J connectivity index is 3.35. The lowest BCUT2D eigenvalue weighted by atomic mass is 10.1. The van der Waals surface area contributed by atoms with Crippen molar-refractivity contribution in [1.29, 1.82) is 0 Å². The molecular weight excluding hydrogens is 247 g/mol. The Morgan fingerprint density at radius 2 is 1.88 bits per heavy atom. The third kappa shape index (κ3) is 2.92. The zero-order chi connectivity index (χ0) is 13.2. The maximum absolute atomic E-state index is 13.2. The van der Waals surface area contributed by atoms with Crippen molar-refractivity contribution in [3.8, 4) is 5.75 Å². The van der Waals surface area contributed by atoms with Crippen LogP contribution < -0.4 is 4.74 Å². The van der Waals surface area contributed by atoms with Gasteiger partial charge in [0.25, 0.3) is 5.78 Å². The number of alkyl halides is 3. The Morgan fingerprint density at radius 1 is 1.29 bits per heavy atom. The van der Waals surface area contributed by atoms with Gasteiger partial charge >= 0.3 is 6.18 Å². The minimum absolute atomic E-state index is 0.152. The molecule has 0 bridgehead atoms. The van der Waals surface area contributed by atoms with E-state index in [1.807, 2.05) is 0 Å². The van der Waals surface area contributed by atoms with E-state index in [4.69, 9.17) is 0 Å². The summed E-state index contributed by atoms with van der Waals surface area (Å²) in [5.74, 6) is -5.87. The van der Waals surface area contributed by atoms with Crippen LogP contribution in [-0.4, -0.2) is 18.6 Å². The zero-order valence-corrected chi connectivity index (χ0v) is 8.57. The number of hydrogen-bond acceptors (Lipinski definition) is 2. The first-order chi connectivity index (χ1) is 7.77. The van der Waals surface area contributed by atoms with Gasteiger partial charge in [0.05, 0.1) is 12.2 Å². The zero-order valence-electron chi connectivity index (χ0n) is 8.57. The smallest absolute Gasteiger partial charge is 0.455 e. The molecule has 0 N–H and O–H groups in total. The lowest BCUT2D eigenvalue weighted by Crippen LogP contribution is -2.24. The number of ketones is 1. The molecule has 1 aromatic carbocycles. The molecule has 2 nitrogen and oxygen atoms in total. The quantitative estimate of drug-likeness (QED) is 0.612.